The van der Waals surface area contributed by atoms with Crippen LogP contribution in [-0.2, 0) is 17.8 Å². The Morgan fingerprint density at radius 1 is 1.45 bits per heavy atom. The van der Waals surface area contributed by atoms with Crippen molar-refractivity contribution < 1.29 is 14.0 Å². The van der Waals surface area contributed by atoms with E-state index in [0.29, 0.717) is 6.42 Å². The fraction of sp³-hybridized carbons (Fsp3) is 0.429. The molecular formula is C14H19N5O3. The highest BCUT2D eigenvalue weighted by Gasteiger charge is 2.16. The molecule has 1 unspecified atom stereocenters. The van der Waals surface area contributed by atoms with Gasteiger partial charge in [0, 0.05) is 26.6 Å². The molecule has 2 heterocycles. The third kappa shape index (κ3) is 4.18. The van der Waals surface area contributed by atoms with E-state index in [-0.39, 0.29) is 30.1 Å². The molecule has 0 aromatic carbocycles. The molecule has 0 bridgehead atoms. The quantitative estimate of drug-likeness (QED) is 0.829. The Morgan fingerprint density at radius 2 is 2.23 bits per heavy atom. The maximum atomic E-state index is 12.1. The molecule has 0 spiro atoms. The second-order valence-electron chi connectivity index (χ2n) is 5.25. The molecule has 0 radical (unpaired) electrons. The van der Waals surface area contributed by atoms with Crippen molar-refractivity contribution in [2.75, 3.05) is 14.1 Å². The van der Waals surface area contributed by atoms with Crippen LogP contribution in [0.25, 0.3) is 0 Å². The van der Waals surface area contributed by atoms with Gasteiger partial charge in [-0.25, -0.2) is 4.68 Å². The Bertz CT molecular complexity index is 633. The summed E-state index contributed by atoms with van der Waals surface area (Å²) in [7, 11) is 3.31. The van der Waals surface area contributed by atoms with Gasteiger partial charge in [0.25, 0.3) is 5.91 Å². The molecule has 118 valence electrons. The number of carbonyl (C=O) groups excluding carboxylic acids is 2. The normalized spacial score (nSPS) is 12.0. The summed E-state index contributed by atoms with van der Waals surface area (Å²) in [5.74, 6) is 0.346. The zero-order chi connectivity index (χ0) is 16.1. The minimum Gasteiger partial charge on any atom is -0.469 e. The van der Waals surface area contributed by atoms with E-state index in [1.807, 2.05) is 13.0 Å². The van der Waals surface area contributed by atoms with Gasteiger partial charge in [-0.1, -0.05) is 5.21 Å². The Balaban J connectivity index is 1.90. The Morgan fingerprint density at radius 3 is 2.86 bits per heavy atom. The van der Waals surface area contributed by atoms with Crippen molar-refractivity contribution in [3.05, 3.63) is 36.0 Å². The van der Waals surface area contributed by atoms with Crippen LogP contribution >= 0.6 is 0 Å². The van der Waals surface area contributed by atoms with Gasteiger partial charge in [-0.2, -0.15) is 0 Å². The van der Waals surface area contributed by atoms with Crippen LogP contribution in [0.5, 0.6) is 0 Å². The van der Waals surface area contributed by atoms with Gasteiger partial charge in [0.1, 0.15) is 12.3 Å². The van der Waals surface area contributed by atoms with E-state index in [1.165, 1.54) is 15.8 Å². The van der Waals surface area contributed by atoms with Gasteiger partial charge >= 0.3 is 0 Å². The van der Waals surface area contributed by atoms with Gasteiger partial charge in [0.05, 0.1) is 12.5 Å². The van der Waals surface area contributed by atoms with Crippen LogP contribution in [0.4, 0.5) is 0 Å². The minimum absolute atomic E-state index is 0.0508. The first kappa shape index (κ1) is 15.7. The molecule has 0 aliphatic rings. The SMILES string of the molecule is CC(Cc1ccco1)NC(=O)c1cn(CC(=O)N(C)C)nn1. The first-order chi connectivity index (χ1) is 10.5. The van der Waals surface area contributed by atoms with Crippen molar-refractivity contribution >= 4 is 11.8 Å². The van der Waals surface area contributed by atoms with Crippen molar-refractivity contribution in [1.82, 2.24) is 25.2 Å². The number of nitrogens with one attached hydrogen (secondary N) is 1. The predicted molar refractivity (Wildman–Crippen MR) is 78.1 cm³/mol. The number of furan rings is 1. The summed E-state index contributed by atoms with van der Waals surface area (Å²) in [6.07, 6.45) is 3.64. The first-order valence-corrected chi connectivity index (χ1v) is 6.89. The lowest BCUT2D eigenvalue weighted by atomic mass is 10.2. The highest BCUT2D eigenvalue weighted by atomic mass is 16.3. The van der Waals surface area contributed by atoms with Gasteiger partial charge in [-0.05, 0) is 19.1 Å². The molecule has 1 atom stereocenters. The van der Waals surface area contributed by atoms with Crippen LogP contribution in [0.3, 0.4) is 0 Å². The number of amides is 2. The monoisotopic (exact) mass is 305 g/mol. The van der Waals surface area contributed by atoms with Gasteiger partial charge < -0.3 is 14.6 Å². The molecule has 2 amide bonds. The summed E-state index contributed by atoms with van der Waals surface area (Å²) < 4.78 is 6.58. The maximum Gasteiger partial charge on any atom is 0.273 e. The summed E-state index contributed by atoms with van der Waals surface area (Å²) in [5, 5.41) is 10.4. The summed E-state index contributed by atoms with van der Waals surface area (Å²) in [6, 6.07) is 3.55. The van der Waals surface area contributed by atoms with Gasteiger partial charge in [-0.15, -0.1) is 5.10 Å². The average molecular weight is 305 g/mol. The van der Waals surface area contributed by atoms with Gasteiger partial charge in [-0.3, -0.25) is 9.59 Å². The molecule has 0 saturated heterocycles. The second kappa shape index (κ2) is 6.88. The summed E-state index contributed by atoms with van der Waals surface area (Å²) >= 11 is 0. The van der Waals surface area contributed by atoms with E-state index < -0.39 is 0 Å². The molecule has 2 aromatic heterocycles. The average Bonchev–Trinajstić information content (AvgIpc) is 3.09. The fourth-order valence-electron chi connectivity index (χ4n) is 1.84. The van der Waals surface area contributed by atoms with Crippen LogP contribution in [-0.4, -0.2) is 51.8 Å². The topological polar surface area (TPSA) is 93.3 Å². The fourth-order valence-corrected chi connectivity index (χ4v) is 1.84. The van der Waals surface area contributed by atoms with Crippen LogP contribution in [0.15, 0.2) is 29.0 Å². The molecular weight excluding hydrogens is 286 g/mol. The standard InChI is InChI=1S/C14H19N5O3/c1-10(7-11-5-4-6-22-11)15-14(21)12-8-19(17-16-12)9-13(20)18(2)3/h4-6,8,10H,7,9H2,1-3H3,(H,15,21). The zero-order valence-electron chi connectivity index (χ0n) is 12.8. The van der Waals surface area contributed by atoms with E-state index in [0.717, 1.165) is 5.76 Å². The third-order valence-electron chi connectivity index (χ3n) is 3.03. The van der Waals surface area contributed by atoms with E-state index in [1.54, 1.807) is 26.4 Å². The molecule has 2 rings (SSSR count). The van der Waals surface area contributed by atoms with E-state index in [4.69, 9.17) is 4.42 Å². The molecule has 0 fully saturated rings. The number of aromatic nitrogens is 3. The maximum absolute atomic E-state index is 12.1. The Hall–Kier alpha value is -2.64. The van der Waals surface area contributed by atoms with Gasteiger partial charge in [0.2, 0.25) is 5.91 Å². The number of rotatable bonds is 6. The van der Waals surface area contributed by atoms with Crippen LogP contribution in [0.1, 0.15) is 23.2 Å². The van der Waals surface area contributed by atoms with Crippen molar-refractivity contribution in [3.63, 3.8) is 0 Å². The highest BCUT2D eigenvalue weighted by molar-refractivity contribution is 5.92. The van der Waals surface area contributed by atoms with E-state index >= 15 is 0 Å². The molecule has 22 heavy (non-hydrogen) atoms. The third-order valence-corrected chi connectivity index (χ3v) is 3.03. The van der Waals surface area contributed by atoms with Crippen molar-refractivity contribution in [2.24, 2.45) is 0 Å². The summed E-state index contributed by atoms with van der Waals surface area (Å²) in [5.41, 5.74) is 0.179. The zero-order valence-corrected chi connectivity index (χ0v) is 12.8. The van der Waals surface area contributed by atoms with Gasteiger partial charge in [0.15, 0.2) is 5.69 Å². The number of hydrogen-bond donors (Lipinski definition) is 1. The Kier molecular flexibility index (Phi) is 4.92. The molecule has 8 nitrogen and oxygen atoms in total. The number of carbonyl (C=O) groups is 2. The summed E-state index contributed by atoms with van der Waals surface area (Å²) in [6.45, 7) is 1.93. The van der Waals surface area contributed by atoms with Crippen LogP contribution < -0.4 is 5.32 Å². The lowest BCUT2D eigenvalue weighted by molar-refractivity contribution is -0.129. The number of hydrogen-bond acceptors (Lipinski definition) is 5. The number of likely N-dealkylation sites (N-methyl/N-ethyl adjacent to an activating group) is 1. The van der Waals surface area contributed by atoms with Crippen molar-refractivity contribution in [2.45, 2.75) is 25.9 Å². The Labute approximate surface area is 128 Å². The highest BCUT2D eigenvalue weighted by Crippen LogP contribution is 2.04. The van der Waals surface area contributed by atoms with E-state index in [2.05, 4.69) is 15.6 Å². The second-order valence-corrected chi connectivity index (χ2v) is 5.25. The van der Waals surface area contributed by atoms with Crippen LogP contribution in [0.2, 0.25) is 0 Å². The molecule has 1 N–H and O–H groups in total. The molecule has 0 saturated carbocycles. The lowest BCUT2D eigenvalue weighted by Crippen LogP contribution is -2.34. The molecule has 0 aliphatic heterocycles. The van der Waals surface area contributed by atoms with Crippen LogP contribution in [0, 0.1) is 0 Å². The predicted octanol–water partition coefficient (Wildman–Crippen LogP) is 0.320. The first-order valence-electron chi connectivity index (χ1n) is 6.89. The minimum atomic E-state index is -0.331. The largest absolute Gasteiger partial charge is 0.469 e. The summed E-state index contributed by atoms with van der Waals surface area (Å²) in [4.78, 5) is 25.1. The molecule has 2 aromatic rings. The molecule has 8 heteroatoms. The van der Waals surface area contributed by atoms with Crippen molar-refractivity contribution in [1.29, 1.82) is 0 Å². The lowest BCUT2D eigenvalue weighted by Gasteiger charge is -2.11. The molecule has 0 aliphatic carbocycles. The smallest absolute Gasteiger partial charge is 0.273 e. The van der Waals surface area contributed by atoms with E-state index in [9.17, 15) is 9.59 Å². The van der Waals surface area contributed by atoms with Crippen molar-refractivity contribution in [3.8, 4) is 0 Å². The number of nitrogens with zero attached hydrogens (tertiary/aromatic N) is 4.